The minimum absolute atomic E-state index is 0.114. The van der Waals surface area contributed by atoms with Gasteiger partial charge in [-0.2, -0.15) is 0 Å². The summed E-state index contributed by atoms with van der Waals surface area (Å²) in [5, 5.41) is 0. The normalized spacial score (nSPS) is 12.0. The lowest BCUT2D eigenvalue weighted by atomic mass is 12.6. The maximum atomic E-state index is 7.79. The van der Waals surface area contributed by atoms with Crippen molar-refractivity contribution in [2.45, 2.75) is 0 Å². The zero-order valence-electron chi connectivity index (χ0n) is 2.50. The summed E-state index contributed by atoms with van der Waals surface area (Å²) in [4.78, 5) is 8.44. The highest BCUT2D eigenvalue weighted by Crippen LogP contribution is 1.94. The summed E-state index contributed by atoms with van der Waals surface area (Å²) in [6.45, 7) is 0. The van der Waals surface area contributed by atoms with Crippen LogP contribution < -0.4 is 11.7 Å². The van der Waals surface area contributed by atoms with Crippen LogP contribution in [-0.4, -0.2) is 9.78 Å². The van der Waals surface area contributed by atoms with Crippen LogP contribution in [0.15, 0.2) is 0 Å². The van der Waals surface area contributed by atoms with Crippen molar-refractivity contribution in [1.29, 1.82) is 0 Å². The van der Waals surface area contributed by atoms with Crippen LogP contribution in [0.25, 0.3) is 0 Å². The molecule has 0 unspecified atom stereocenters. The topological polar surface area (TPSA) is 75.5 Å². The Morgan fingerprint density at radius 1 is 1.60 bits per heavy atom. The predicted molar refractivity (Wildman–Crippen MR) is 19.4 cm³/mol. The third-order valence-electron chi connectivity index (χ3n) is 0.103. The smallest absolute Gasteiger partial charge is 0.203 e. The SMILES string of the molecule is NN(N)[P]O. The first-order valence-corrected chi connectivity index (χ1v) is 1.72. The van der Waals surface area contributed by atoms with Gasteiger partial charge in [-0.15, -0.1) is 4.89 Å². The fraction of sp³-hybridized carbons (Fsp3) is 0. The third kappa shape index (κ3) is 4.27. The summed E-state index contributed by atoms with van der Waals surface area (Å²) in [6, 6.07) is 0. The molecule has 0 saturated carbocycles. The van der Waals surface area contributed by atoms with Gasteiger partial charge in [0.05, 0.1) is 0 Å². The Kier molecular flexibility index (Phi) is 2.64. The molecule has 4 nitrogen and oxygen atoms in total. The number of rotatable bonds is 1. The summed E-state index contributed by atoms with van der Waals surface area (Å²) in [7, 11) is -0.114. The van der Waals surface area contributed by atoms with E-state index in [1.807, 2.05) is 0 Å². The zero-order valence-corrected chi connectivity index (χ0v) is 3.39. The molecule has 0 aliphatic carbocycles. The van der Waals surface area contributed by atoms with Crippen LogP contribution in [0.5, 0.6) is 0 Å². The van der Waals surface area contributed by atoms with Crippen molar-refractivity contribution in [3.8, 4) is 0 Å². The molecule has 0 aliphatic heterocycles. The summed E-state index contributed by atoms with van der Waals surface area (Å²) >= 11 is 0. The summed E-state index contributed by atoms with van der Waals surface area (Å²) < 4.78 is 0. The molecule has 5 heavy (non-hydrogen) atoms. The Balaban J connectivity index is 2.54. The fourth-order valence-corrected chi connectivity index (χ4v) is 0. The van der Waals surface area contributed by atoms with Crippen LogP contribution in [0.2, 0.25) is 0 Å². The first-order valence-electron chi connectivity index (χ1n) is 0.916. The van der Waals surface area contributed by atoms with Gasteiger partial charge >= 0.3 is 0 Å². The van der Waals surface area contributed by atoms with Crippen LogP contribution in [0.4, 0.5) is 0 Å². The van der Waals surface area contributed by atoms with E-state index in [-0.39, 0.29) is 8.96 Å². The van der Waals surface area contributed by atoms with Crippen molar-refractivity contribution in [3.05, 3.63) is 0 Å². The molecule has 0 spiro atoms. The molecule has 5 N–H and O–H groups in total. The van der Waals surface area contributed by atoms with Crippen LogP contribution >= 0.6 is 8.96 Å². The van der Waals surface area contributed by atoms with E-state index in [1.165, 1.54) is 0 Å². The maximum absolute atomic E-state index is 7.79. The largest absolute Gasteiger partial charge is 0.352 e. The molecule has 0 aromatic carbocycles. The second-order valence-corrected chi connectivity index (χ2v) is 1.11. The number of hydrogen-bond donors (Lipinski definition) is 3. The Morgan fingerprint density at radius 3 is 1.80 bits per heavy atom. The second kappa shape index (κ2) is 2.50. The lowest BCUT2D eigenvalue weighted by molar-refractivity contribution is 0.460. The van der Waals surface area contributed by atoms with Gasteiger partial charge in [0, 0.05) is 0 Å². The molecule has 0 aromatic heterocycles. The number of nitrogens with two attached hydrogens (primary N) is 2. The third-order valence-corrected chi connectivity index (χ3v) is 0.310. The number of nitrogens with zero attached hydrogens (tertiary/aromatic N) is 1. The lowest BCUT2D eigenvalue weighted by Gasteiger charge is -1.95. The first-order chi connectivity index (χ1) is 2.27. The van der Waals surface area contributed by atoms with E-state index in [0.29, 0.717) is 4.89 Å². The maximum Gasteiger partial charge on any atom is 0.203 e. The molecule has 0 rings (SSSR count). The monoisotopic (exact) mass is 94.0 g/mol. The highest BCUT2D eigenvalue weighted by atomic mass is 31.1. The average Bonchev–Trinajstić information content (AvgIpc) is 1.38. The summed E-state index contributed by atoms with van der Waals surface area (Å²) in [5.41, 5.74) is 0. The van der Waals surface area contributed by atoms with E-state index in [4.69, 9.17) is 4.89 Å². The first kappa shape index (κ1) is 5.27. The molecule has 1 radical (unpaired) electrons. The molecule has 0 fully saturated rings. The van der Waals surface area contributed by atoms with E-state index < -0.39 is 0 Å². The minimum Gasteiger partial charge on any atom is -0.352 e. The Hall–Kier alpha value is 0.270. The molecule has 0 aliphatic rings. The molecule has 0 aromatic rings. The molecule has 0 amide bonds. The van der Waals surface area contributed by atoms with Crippen LogP contribution in [0.3, 0.4) is 0 Å². The van der Waals surface area contributed by atoms with Crippen molar-refractivity contribution in [3.63, 3.8) is 0 Å². The lowest BCUT2D eigenvalue weighted by Crippen LogP contribution is -2.28. The van der Waals surface area contributed by atoms with Crippen molar-refractivity contribution < 1.29 is 4.89 Å². The van der Waals surface area contributed by atoms with E-state index >= 15 is 0 Å². The zero-order chi connectivity index (χ0) is 4.28. The van der Waals surface area contributed by atoms with Gasteiger partial charge in [0.2, 0.25) is 8.96 Å². The van der Waals surface area contributed by atoms with Crippen molar-refractivity contribution in [2.75, 3.05) is 0 Å². The standard InChI is InChI=1S/H5N3OP/c1-3(2)5-4/h4H,1-2H2. The van der Waals surface area contributed by atoms with Crippen LogP contribution in [0.1, 0.15) is 0 Å². The van der Waals surface area contributed by atoms with Gasteiger partial charge in [-0.1, -0.05) is 0 Å². The van der Waals surface area contributed by atoms with Gasteiger partial charge < -0.3 is 4.89 Å². The minimum atomic E-state index is -0.114. The van der Waals surface area contributed by atoms with Gasteiger partial charge in [0.1, 0.15) is 0 Å². The quantitative estimate of drug-likeness (QED) is 0.217. The Bertz CT molecular complexity index is 20.9. The van der Waals surface area contributed by atoms with Gasteiger partial charge in [-0.05, 0) is 0 Å². The summed E-state index contributed by atoms with van der Waals surface area (Å²) in [6.07, 6.45) is 0. The molecule has 5 heteroatoms. The van der Waals surface area contributed by atoms with Crippen LogP contribution in [0, 0.1) is 0 Å². The summed E-state index contributed by atoms with van der Waals surface area (Å²) in [5.74, 6) is 9.28. The van der Waals surface area contributed by atoms with Crippen molar-refractivity contribution in [2.24, 2.45) is 11.7 Å². The number of hydrogen-bond acceptors (Lipinski definition) is 4. The van der Waals surface area contributed by atoms with E-state index in [9.17, 15) is 0 Å². The van der Waals surface area contributed by atoms with Gasteiger partial charge in [0.15, 0.2) is 0 Å². The van der Waals surface area contributed by atoms with Gasteiger partial charge in [-0.3, -0.25) is 0 Å². The molecular formula is H5N3OP. The second-order valence-electron chi connectivity index (χ2n) is 0.469. The predicted octanol–water partition coefficient (Wildman–Crippen LogP) is -1.20. The highest BCUT2D eigenvalue weighted by molar-refractivity contribution is 7.27. The van der Waals surface area contributed by atoms with E-state index in [0.717, 1.165) is 0 Å². The van der Waals surface area contributed by atoms with Gasteiger partial charge in [0.25, 0.3) is 0 Å². The molecule has 0 bridgehead atoms. The molecule has 31 valence electrons. The fourth-order valence-electron chi connectivity index (χ4n) is 0. The molecule has 0 saturated heterocycles. The number of hydrazine groups is 2. The van der Waals surface area contributed by atoms with Crippen molar-refractivity contribution >= 4 is 8.96 Å². The average molecular weight is 94.0 g/mol. The van der Waals surface area contributed by atoms with E-state index in [1.54, 1.807) is 0 Å². The highest BCUT2D eigenvalue weighted by Gasteiger charge is 1.77. The van der Waals surface area contributed by atoms with E-state index in [2.05, 4.69) is 11.7 Å². The Labute approximate surface area is 31.6 Å². The van der Waals surface area contributed by atoms with Crippen LogP contribution in [-0.2, 0) is 0 Å². The Morgan fingerprint density at radius 2 is 1.80 bits per heavy atom. The van der Waals surface area contributed by atoms with Gasteiger partial charge in [-0.25, -0.2) is 11.7 Å². The molecule has 0 atom stereocenters. The molecule has 0 heterocycles. The molecular weight excluding hydrogens is 89.0 g/mol. The van der Waals surface area contributed by atoms with Crippen molar-refractivity contribution in [1.82, 2.24) is 4.89 Å².